The number of hydrogen-bond acceptors (Lipinski definition) is 4. The monoisotopic (exact) mass is 297 g/mol. The molecular formula is C15H20ClNO3. The SMILES string of the molecule is CCOC(=O)CCN(C)CC1Cc2cc(Cl)ccc2O1. The van der Waals surface area contributed by atoms with Gasteiger partial charge in [0.2, 0.25) is 0 Å². The van der Waals surface area contributed by atoms with Gasteiger partial charge in [0, 0.05) is 24.5 Å². The van der Waals surface area contributed by atoms with Crippen molar-refractivity contribution in [1.82, 2.24) is 4.90 Å². The van der Waals surface area contributed by atoms with E-state index < -0.39 is 0 Å². The fraction of sp³-hybridized carbons (Fsp3) is 0.533. The quantitative estimate of drug-likeness (QED) is 0.756. The van der Waals surface area contributed by atoms with Gasteiger partial charge in [-0.05, 0) is 37.7 Å². The van der Waals surface area contributed by atoms with Gasteiger partial charge in [0.15, 0.2) is 0 Å². The van der Waals surface area contributed by atoms with Gasteiger partial charge in [-0.3, -0.25) is 4.79 Å². The molecule has 0 amide bonds. The minimum Gasteiger partial charge on any atom is -0.488 e. The van der Waals surface area contributed by atoms with Gasteiger partial charge in [-0.2, -0.15) is 0 Å². The molecule has 0 aromatic heterocycles. The molecule has 1 aromatic carbocycles. The molecule has 5 heteroatoms. The average Bonchev–Trinajstić information content (AvgIpc) is 2.78. The number of halogens is 1. The maximum Gasteiger partial charge on any atom is 0.307 e. The summed E-state index contributed by atoms with van der Waals surface area (Å²) in [6.45, 7) is 3.71. The lowest BCUT2D eigenvalue weighted by molar-refractivity contribution is -0.143. The summed E-state index contributed by atoms with van der Waals surface area (Å²) in [5.41, 5.74) is 1.15. The van der Waals surface area contributed by atoms with Crippen LogP contribution in [-0.4, -0.2) is 43.7 Å². The highest BCUT2D eigenvalue weighted by Gasteiger charge is 2.24. The number of carbonyl (C=O) groups is 1. The van der Waals surface area contributed by atoms with Crippen LogP contribution in [-0.2, 0) is 16.0 Å². The molecule has 0 aliphatic carbocycles. The molecule has 1 unspecified atom stereocenters. The zero-order valence-electron chi connectivity index (χ0n) is 11.9. The molecule has 0 bridgehead atoms. The molecule has 0 saturated carbocycles. The van der Waals surface area contributed by atoms with Crippen LogP contribution < -0.4 is 4.74 Å². The Kier molecular flexibility index (Phi) is 5.26. The number of ether oxygens (including phenoxy) is 2. The first-order valence-corrected chi connectivity index (χ1v) is 7.25. The van der Waals surface area contributed by atoms with Crippen molar-refractivity contribution in [3.8, 4) is 5.75 Å². The Morgan fingerprint density at radius 3 is 3.10 bits per heavy atom. The molecule has 20 heavy (non-hydrogen) atoms. The highest BCUT2D eigenvalue weighted by Crippen LogP contribution is 2.31. The van der Waals surface area contributed by atoms with Crippen LogP contribution in [0.25, 0.3) is 0 Å². The Labute approximate surface area is 124 Å². The summed E-state index contributed by atoms with van der Waals surface area (Å²) in [6.07, 6.45) is 1.39. The average molecular weight is 298 g/mol. The molecule has 0 saturated heterocycles. The number of likely N-dealkylation sites (N-methyl/N-ethyl adjacent to an activating group) is 1. The molecule has 1 heterocycles. The second-order valence-electron chi connectivity index (χ2n) is 5.01. The predicted molar refractivity (Wildman–Crippen MR) is 78.3 cm³/mol. The Bertz CT molecular complexity index is 478. The lowest BCUT2D eigenvalue weighted by Crippen LogP contribution is -2.33. The number of benzene rings is 1. The highest BCUT2D eigenvalue weighted by molar-refractivity contribution is 6.30. The van der Waals surface area contributed by atoms with Gasteiger partial charge >= 0.3 is 5.97 Å². The second-order valence-corrected chi connectivity index (χ2v) is 5.45. The van der Waals surface area contributed by atoms with Gasteiger partial charge < -0.3 is 14.4 Å². The van der Waals surface area contributed by atoms with Crippen LogP contribution in [0, 0.1) is 0 Å². The summed E-state index contributed by atoms with van der Waals surface area (Å²) >= 11 is 5.97. The van der Waals surface area contributed by atoms with Crippen LogP contribution in [0.5, 0.6) is 5.75 Å². The van der Waals surface area contributed by atoms with Crippen molar-refractivity contribution in [3.63, 3.8) is 0 Å². The van der Waals surface area contributed by atoms with Gasteiger partial charge in [-0.25, -0.2) is 0 Å². The van der Waals surface area contributed by atoms with Gasteiger partial charge in [0.25, 0.3) is 0 Å². The smallest absolute Gasteiger partial charge is 0.307 e. The third kappa shape index (κ3) is 4.12. The number of fused-ring (bicyclic) bond motifs is 1. The number of rotatable bonds is 6. The van der Waals surface area contributed by atoms with Crippen LogP contribution >= 0.6 is 11.6 Å². The molecule has 0 radical (unpaired) electrons. The molecule has 4 nitrogen and oxygen atoms in total. The van der Waals surface area contributed by atoms with E-state index in [-0.39, 0.29) is 12.1 Å². The van der Waals surface area contributed by atoms with E-state index in [2.05, 4.69) is 4.90 Å². The summed E-state index contributed by atoms with van der Waals surface area (Å²) in [4.78, 5) is 13.4. The molecule has 0 fully saturated rings. The van der Waals surface area contributed by atoms with Crippen molar-refractivity contribution < 1.29 is 14.3 Å². The Hall–Kier alpha value is -1.26. The van der Waals surface area contributed by atoms with Crippen molar-refractivity contribution in [3.05, 3.63) is 28.8 Å². The summed E-state index contributed by atoms with van der Waals surface area (Å²) in [7, 11) is 1.98. The lowest BCUT2D eigenvalue weighted by Gasteiger charge is -2.20. The van der Waals surface area contributed by atoms with Crippen molar-refractivity contribution in [2.24, 2.45) is 0 Å². The van der Waals surface area contributed by atoms with E-state index in [1.54, 1.807) is 0 Å². The number of hydrogen-bond donors (Lipinski definition) is 0. The predicted octanol–water partition coefficient (Wildman–Crippen LogP) is 2.53. The van der Waals surface area contributed by atoms with Gasteiger partial charge in [0.05, 0.1) is 13.0 Å². The number of nitrogens with zero attached hydrogens (tertiary/aromatic N) is 1. The van der Waals surface area contributed by atoms with Crippen molar-refractivity contribution >= 4 is 17.6 Å². The standard InChI is InChI=1S/C15H20ClNO3/c1-3-19-15(18)6-7-17(2)10-13-9-11-8-12(16)4-5-14(11)20-13/h4-5,8,13H,3,6-7,9-10H2,1-2H3. The van der Waals surface area contributed by atoms with Crippen LogP contribution in [0.1, 0.15) is 18.9 Å². The zero-order chi connectivity index (χ0) is 14.5. The molecule has 0 spiro atoms. The van der Waals surface area contributed by atoms with Crippen LogP contribution in [0.4, 0.5) is 0 Å². The molecule has 1 atom stereocenters. The van der Waals surface area contributed by atoms with E-state index in [1.807, 2.05) is 32.2 Å². The lowest BCUT2D eigenvalue weighted by atomic mass is 10.1. The third-order valence-corrected chi connectivity index (χ3v) is 3.52. The van der Waals surface area contributed by atoms with Gasteiger partial charge in [-0.1, -0.05) is 11.6 Å². The minimum absolute atomic E-state index is 0.121. The first-order valence-electron chi connectivity index (χ1n) is 6.87. The first-order chi connectivity index (χ1) is 9.58. The Balaban J connectivity index is 1.77. The number of esters is 1. The zero-order valence-corrected chi connectivity index (χ0v) is 12.7. The summed E-state index contributed by atoms with van der Waals surface area (Å²) < 4.78 is 10.8. The fourth-order valence-electron chi connectivity index (χ4n) is 2.35. The van der Waals surface area contributed by atoms with Crippen molar-refractivity contribution in [1.29, 1.82) is 0 Å². The van der Waals surface area contributed by atoms with E-state index in [9.17, 15) is 4.79 Å². The number of carbonyl (C=O) groups excluding carboxylic acids is 1. The molecule has 110 valence electrons. The summed E-state index contributed by atoms with van der Waals surface area (Å²) in [6, 6.07) is 5.71. The first kappa shape index (κ1) is 15.1. The van der Waals surface area contributed by atoms with E-state index in [0.717, 1.165) is 29.3 Å². The maximum absolute atomic E-state index is 11.3. The van der Waals surface area contributed by atoms with E-state index in [0.29, 0.717) is 19.6 Å². The van der Waals surface area contributed by atoms with Crippen molar-refractivity contribution in [2.45, 2.75) is 25.9 Å². The fourth-order valence-corrected chi connectivity index (χ4v) is 2.54. The molecule has 2 rings (SSSR count). The largest absolute Gasteiger partial charge is 0.488 e. The van der Waals surface area contributed by atoms with Gasteiger partial charge in [0.1, 0.15) is 11.9 Å². The van der Waals surface area contributed by atoms with Gasteiger partial charge in [-0.15, -0.1) is 0 Å². The topological polar surface area (TPSA) is 38.8 Å². The maximum atomic E-state index is 11.3. The van der Waals surface area contributed by atoms with Crippen LogP contribution in [0.3, 0.4) is 0 Å². The molecular weight excluding hydrogens is 278 g/mol. The summed E-state index contributed by atoms with van der Waals surface area (Å²) in [5.74, 6) is 0.764. The van der Waals surface area contributed by atoms with E-state index in [4.69, 9.17) is 21.1 Å². The Morgan fingerprint density at radius 1 is 1.55 bits per heavy atom. The minimum atomic E-state index is -0.151. The molecule has 0 N–H and O–H groups in total. The molecule has 1 aliphatic heterocycles. The normalized spacial score (nSPS) is 16.9. The van der Waals surface area contributed by atoms with E-state index in [1.165, 1.54) is 0 Å². The molecule has 1 aromatic rings. The third-order valence-electron chi connectivity index (χ3n) is 3.28. The second kappa shape index (κ2) is 6.95. The highest BCUT2D eigenvalue weighted by atomic mass is 35.5. The molecule has 1 aliphatic rings. The van der Waals surface area contributed by atoms with E-state index >= 15 is 0 Å². The Morgan fingerprint density at radius 2 is 2.35 bits per heavy atom. The van der Waals surface area contributed by atoms with Crippen molar-refractivity contribution in [2.75, 3.05) is 26.7 Å². The van der Waals surface area contributed by atoms with Crippen LogP contribution in [0.15, 0.2) is 18.2 Å². The summed E-state index contributed by atoms with van der Waals surface area (Å²) in [5, 5.41) is 0.740. The van der Waals surface area contributed by atoms with Crippen LogP contribution in [0.2, 0.25) is 5.02 Å².